The van der Waals surface area contributed by atoms with Gasteiger partial charge in [-0.25, -0.2) is 17.6 Å². The number of hydrogen-bond donors (Lipinski definition) is 2. The second-order valence-corrected chi connectivity index (χ2v) is 9.32. The SMILES string of the molecule is Cc1ccc(S(=O)(=O)Nc2ccc(F)cc2)cc1C(=O)OCC(=O)c1ccc2c(c1)NC(=O)CO2. The summed E-state index contributed by atoms with van der Waals surface area (Å²) in [6.07, 6.45) is 0. The maximum Gasteiger partial charge on any atom is 0.338 e. The van der Waals surface area contributed by atoms with Crippen LogP contribution in [0.4, 0.5) is 15.8 Å². The van der Waals surface area contributed by atoms with E-state index in [9.17, 15) is 27.2 Å². The van der Waals surface area contributed by atoms with Gasteiger partial charge in [-0.05, 0) is 67.1 Å². The zero-order chi connectivity index (χ0) is 25.2. The van der Waals surface area contributed by atoms with Crippen molar-refractivity contribution in [2.45, 2.75) is 11.8 Å². The monoisotopic (exact) mass is 498 g/mol. The van der Waals surface area contributed by atoms with Crippen molar-refractivity contribution in [3.05, 3.63) is 83.2 Å². The molecule has 0 radical (unpaired) electrons. The number of sulfonamides is 1. The first-order chi connectivity index (χ1) is 16.6. The molecule has 0 saturated heterocycles. The highest BCUT2D eigenvalue weighted by atomic mass is 32.2. The van der Waals surface area contributed by atoms with Crippen LogP contribution in [0.15, 0.2) is 65.6 Å². The van der Waals surface area contributed by atoms with Crippen LogP contribution in [0.25, 0.3) is 0 Å². The Morgan fingerprint density at radius 1 is 1.09 bits per heavy atom. The molecule has 0 fully saturated rings. The van der Waals surface area contributed by atoms with Crippen LogP contribution in [0.1, 0.15) is 26.3 Å². The average Bonchev–Trinajstić information content (AvgIpc) is 2.83. The number of rotatable bonds is 7. The lowest BCUT2D eigenvalue weighted by atomic mass is 10.1. The largest absolute Gasteiger partial charge is 0.482 e. The van der Waals surface area contributed by atoms with Gasteiger partial charge in [0.05, 0.1) is 16.1 Å². The van der Waals surface area contributed by atoms with Crippen LogP contribution in [0.5, 0.6) is 5.75 Å². The number of carbonyl (C=O) groups is 3. The third-order valence-corrected chi connectivity index (χ3v) is 6.48. The zero-order valence-corrected chi connectivity index (χ0v) is 19.1. The Hall–Kier alpha value is -4.25. The molecule has 1 aliphatic heterocycles. The molecule has 0 bridgehead atoms. The molecule has 0 saturated carbocycles. The first-order valence-corrected chi connectivity index (χ1v) is 11.8. The summed E-state index contributed by atoms with van der Waals surface area (Å²) in [6.45, 7) is 0.872. The minimum atomic E-state index is -4.08. The van der Waals surface area contributed by atoms with E-state index in [0.29, 0.717) is 17.0 Å². The molecule has 1 amide bonds. The quantitative estimate of drug-likeness (QED) is 0.378. The smallest absolute Gasteiger partial charge is 0.338 e. The van der Waals surface area contributed by atoms with Crippen molar-refractivity contribution in [1.82, 2.24) is 0 Å². The Morgan fingerprint density at radius 3 is 2.57 bits per heavy atom. The highest BCUT2D eigenvalue weighted by molar-refractivity contribution is 7.92. The van der Waals surface area contributed by atoms with E-state index in [2.05, 4.69) is 10.0 Å². The van der Waals surface area contributed by atoms with Gasteiger partial charge in [0.25, 0.3) is 15.9 Å². The fraction of sp³-hybridized carbons (Fsp3) is 0.125. The van der Waals surface area contributed by atoms with Crippen molar-refractivity contribution in [2.24, 2.45) is 0 Å². The first kappa shape index (κ1) is 23.9. The van der Waals surface area contributed by atoms with E-state index in [0.717, 1.165) is 18.2 Å². The summed E-state index contributed by atoms with van der Waals surface area (Å²) in [5, 5.41) is 2.59. The third-order valence-electron chi connectivity index (χ3n) is 5.10. The summed E-state index contributed by atoms with van der Waals surface area (Å²) >= 11 is 0. The van der Waals surface area contributed by atoms with Crippen LogP contribution in [0.2, 0.25) is 0 Å². The number of Topliss-reactive ketones (excluding diaryl/α,β-unsaturated/α-hetero) is 1. The molecule has 0 aromatic heterocycles. The molecule has 0 spiro atoms. The number of hydrogen-bond acceptors (Lipinski definition) is 7. The number of fused-ring (bicyclic) bond motifs is 1. The molecule has 3 aromatic rings. The van der Waals surface area contributed by atoms with Gasteiger partial charge in [-0.15, -0.1) is 0 Å². The van der Waals surface area contributed by atoms with Gasteiger partial charge in [-0.2, -0.15) is 0 Å². The molecule has 180 valence electrons. The number of nitrogens with one attached hydrogen (secondary N) is 2. The number of amides is 1. The van der Waals surface area contributed by atoms with Gasteiger partial charge in [0.2, 0.25) is 0 Å². The van der Waals surface area contributed by atoms with Crippen molar-refractivity contribution in [3.8, 4) is 5.75 Å². The van der Waals surface area contributed by atoms with Crippen molar-refractivity contribution < 1.29 is 36.7 Å². The van der Waals surface area contributed by atoms with Crippen LogP contribution in [0, 0.1) is 12.7 Å². The van der Waals surface area contributed by atoms with Gasteiger partial charge in [0.15, 0.2) is 19.0 Å². The normalized spacial score (nSPS) is 12.7. The zero-order valence-electron chi connectivity index (χ0n) is 18.3. The molecule has 35 heavy (non-hydrogen) atoms. The molecule has 1 heterocycles. The van der Waals surface area contributed by atoms with Gasteiger partial charge in [-0.1, -0.05) is 6.07 Å². The van der Waals surface area contributed by atoms with Crippen LogP contribution < -0.4 is 14.8 Å². The number of anilines is 2. The predicted octanol–water partition coefficient (Wildman–Crippen LogP) is 3.31. The van der Waals surface area contributed by atoms with Gasteiger partial charge >= 0.3 is 5.97 Å². The Balaban J connectivity index is 1.46. The van der Waals surface area contributed by atoms with Crippen molar-refractivity contribution in [1.29, 1.82) is 0 Å². The topological polar surface area (TPSA) is 128 Å². The number of esters is 1. The number of ketones is 1. The van der Waals surface area contributed by atoms with Crippen molar-refractivity contribution in [2.75, 3.05) is 23.3 Å². The Morgan fingerprint density at radius 2 is 1.83 bits per heavy atom. The number of benzene rings is 3. The van der Waals surface area contributed by atoms with Crippen LogP contribution >= 0.6 is 0 Å². The molecule has 11 heteroatoms. The standard InChI is InChI=1S/C24H19FN2O7S/c1-14-2-8-18(35(31,32)27-17-6-4-16(25)5-7-17)11-19(14)24(30)34-12-21(28)15-3-9-22-20(10-15)26-23(29)13-33-22/h2-11,27H,12-13H2,1H3,(H,26,29). The minimum Gasteiger partial charge on any atom is -0.482 e. The molecule has 0 aliphatic carbocycles. The molecule has 0 atom stereocenters. The molecule has 2 N–H and O–H groups in total. The molecule has 0 unspecified atom stereocenters. The molecule has 1 aliphatic rings. The second kappa shape index (κ2) is 9.55. The molecule has 3 aromatic carbocycles. The van der Waals surface area contributed by atoms with E-state index in [1.165, 1.54) is 42.5 Å². The Kier molecular flexibility index (Phi) is 6.52. The summed E-state index contributed by atoms with van der Waals surface area (Å²) in [5.41, 5.74) is 1.08. The fourth-order valence-electron chi connectivity index (χ4n) is 3.27. The summed E-state index contributed by atoms with van der Waals surface area (Å²) < 4.78 is 51.2. The lowest BCUT2D eigenvalue weighted by Gasteiger charge is -2.18. The van der Waals surface area contributed by atoms with Gasteiger partial charge in [-0.3, -0.25) is 14.3 Å². The Bertz CT molecular complexity index is 1440. The highest BCUT2D eigenvalue weighted by Crippen LogP contribution is 2.28. The van der Waals surface area contributed by atoms with Gasteiger partial charge < -0.3 is 14.8 Å². The molecule has 9 nitrogen and oxygen atoms in total. The van der Waals surface area contributed by atoms with E-state index < -0.39 is 34.2 Å². The summed E-state index contributed by atoms with van der Waals surface area (Å²) in [6, 6.07) is 13.0. The minimum absolute atomic E-state index is 0.0362. The van der Waals surface area contributed by atoms with E-state index >= 15 is 0 Å². The van der Waals surface area contributed by atoms with Crippen LogP contribution in [-0.2, 0) is 19.6 Å². The first-order valence-electron chi connectivity index (χ1n) is 10.3. The highest BCUT2D eigenvalue weighted by Gasteiger charge is 2.21. The number of aryl methyl sites for hydroxylation is 1. The third kappa shape index (κ3) is 5.46. The molecular weight excluding hydrogens is 479 g/mol. The second-order valence-electron chi connectivity index (χ2n) is 7.64. The molecular formula is C24H19FN2O7S. The Labute approximate surface area is 199 Å². The fourth-order valence-corrected chi connectivity index (χ4v) is 4.35. The maximum absolute atomic E-state index is 13.1. The number of carbonyl (C=O) groups excluding carboxylic acids is 3. The number of halogens is 1. The maximum atomic E-state index is 13.1. The van der Waals surface area contributed by atoms with Crippen molar-refractivity contribution in [3.63, 3.8) is 0 Å². The average molecular weight is 498 g/mol. The molecule has 4 rings (SSSR count). The lowest BCUT2D eigenvalue weighted by molar-refractivity contribution is -0.118. The summed E-state index contributed by atoms with van der Waals surface area (Å²) in [4.78, 5) is 36.4. The van der Waals surface area contributed by atoms with E-state index in [-0.39, 0.29) is 34.2 Å². The van der Waals surface area contributed by atoms with Crippen LogP contribution in [-0.4, -0.2) is 39.3 Å². The van der Waals surface area contributed by atoms with E-state index in [4.69, 9.17) is 9.47 Å². The summed E-state index contributed by atoms with van der Waals surface area (Å²) in [5.74, 6) is -1.87. The van der Waals surface area contributed by atoms with E-state index in [1.807, 2.05) is 0 Å². The van der Waals surface area contributed by atoms with Crippen LogP contribution in [0.3, 0.4) is 0 Å². The lowest BCUT2D eigenvalue weighted by Crippen LogP contribution is -2.25. The van der Waals surface area contributed by atoms with E-state index in [1.54, 1.807) is 6.92 Å². The summed E-state index contributed by atoms with van der Waals surface area (Å²) in [7, 11) is -4.08. The van der Waals surface area contributed by atoms with Gasteiger partial charge in [0, 0.05) is 11.3 Å². The number of ether oxygens (including phenoxy) is 2. The predicted molar refractivity (Wildman–Crippen MR) is 124 cm³/mol. The van der Waals surface area contributed by atoms with Gasteiger partial charge in [0.1, 0.15) is 11.6 Å². The van der Waals surface area contributed by atoms with Crippen molar-refractivity contribution >= 4 is 39.1 Å².